The molecule has 1 aliphatic rings. The minimum absolute atomic E-state index is 0.159. The van der Waals surface area contributed by atoms with Gasteiger partial charge in [-0.15, -0.1) is 0 Å². The number of carboxylic acid groups (broad SMARTS) is 1. The van der Waals surface area contributed by atoms with Crippen molar-refractivity contribution in [3.63, 3.8) is 0 Å². The van der Waals surface area contributed by atoms with E-state index in [1.54, 1.807) is 12.1 Å². The van der Waals surface area contributed by atoms with Crippen LogP contribution in [0.2, 0.25) is 5.02 Å². The monoisotopic (exact) mass is 381 g/mol. The topological polar surface area (TPSA) is 98.7 Å². The van der Waals surface area contributed by atoms with Crippen molar-refractivity contribution >= 4 is 35.2 Å². The van der Waals surface area contributed by atoms with E-state index in [2.05, 4.69) is 10.6 Å². The first-order valence-electron chi connectivity index (χ1n) is 8.47. The van der Waals surface area contributed by atoms with Crippen LogP contribution in [0.3, 0.4) is 0 Å². The lowest BCUT2D eigenvalue weighted by Crippen LogP contribution is -2.43. The van der Waals surface area contributed by atoms with Crippen molar-refractivity contribution in [3.05, 3.63) is 28.8 Å². The number of halogens is 1. The summed E-state index contributed by atoms with van der Waals surface area (Å²) in [7, 11) is 0. The summed E-state index contributed by atoms with van der Waals surface area (Å²) in [5.41, 5.74) is 0.284. The summed E-state index contributed by atoms with van der Waals surface area (Å²) in [5.74, 6) is -1.80. The fourth-order valence-electron chi connectivity index (χ4n) is 2.80. The van der Waals surface area contributed by atoms with E-state index >= 15 is 0 Å². The number of carboxylic acids is 1. The minimum Gasteiger partial charge on any atom is -0.481 e. The lowest BCUT2D eigenvalue weighted by atomic mass is 9.97. The molecule has 142 valence electrons. The summed E-state index contributed by atoms with van der Waals surface area (Å²) in [5, 5.41) is 14.9. The van der Waals surface area contributed by atoms with E-state index in [0.29, 0.717) is 25.1 Å². The van der Waals surface area contributed by atoms with Crippen molar-refractivity contribution in [3.8, 4) is 0 Å². The second-order valence-corrected chi connectivity index (χ2v) is 7.86. The van der Waals surface area contributed by atoms with Gasteiger partial charge in [0.2, 0.25) is 0 Å². The van der Waals surface area contributed by atoms with E-state index in [-0.39, 0.29) is 29.1 Å². The smallest absolute Gasteiger partial charge is 0.319 e. The van der Waals surface area contributed by atoms with Gasteiger partial charge in [-0.25, -0.2) is 4.79 Å². The second-order valence-electron chi connectivity index (χ2n) is 7.45. The fraction of sp³-hybridized carbons (Fsp3) is 0.500. The Balaban J connectivity index is 2.14. The molecular formula is C18H24ClN3O4. The molecule has 2 rings (SSSR count). The summed E-state index contributed by atoms with van der Waals surface area (Å²) >= 11 is 6.16. The molecule has 0 saturated carbocycles. The predicted octanol–water partition coefficient (Wildman–Crippen LogP) is 3.20. The van der Waals surface area contributed by atoms with Gasteiger partial charge in [0.1, 0.15) is 0 Å². The van der Waals surface area contributed by atoms with Gasteiger partial charge in [-0.05, 0) is 51.8 Å². The Hall–Kier alpha value is -2.28. The van der Waals surface area contributed by atoms with Gasteiger partial charge in [0.15, 0.2) is 0 Å². The Labute approximate surface area is 157 Å². The average molecular weight is 382 g/mol. The molecule has 26 heavy (non-hydrogen) atoms. The molecule has 1 aromatic carbocycles. The summed E-state index contributed by atoms with van der Waals surface area (Å²) in [6.07, 6.45) is 1.19. The van der Waals surface area contributed by atoms with Crippen LogP contribution in [0, 0.1) is 5.92 Å². The van der Waals surface area contributed by atoms with Gasteiger partial charge in [-0.2, -0.15) is 0 Å². The number of carbonyl (C=O) groups is 3. The van der Waals surface area contributed by atoms with Crippen molar-refractivity contribution in [2.45, 2.75) is 39.2 Å². The number of hydrogen-bond donors (Lipinski definition) is 3. The van der Waals surface area contributed by atoms with E-state index in [1.807, 2.05) is 20.8 Å². The van der Waals surface area contributed by atoms with Crippen LogP contribution in [0.25, 0.3) is 0 Å². The Kier molecular flexibility index (Phi) is 6.13. The summed E-state index contributed by atoms with van der Waals surface area (Å²) < 4.78 is 0. The van der Waals surface area contributed by atoms with Crippen LogP contribution in [0.5, 0.6) is 0 Å². The van der Waals surface area contributed by atoms with Crippen LogP contribution in [-0.4, -0.2) is 46.5 Å². The molecule has 0 aliphatic carbocycles. The number of anilines is 1. The highest BCUT2D eigenvalue weighted by Crippen LogP contribution is 2.25. The Morgan fingerprint density at radius 1 is 1.27 bits per heavy atom. The summed E-state index contributed by atoms with van der Waals surface area (Å²) in [6.45, 7) is 6.23. The van der Waals surface area contributed by atoms with Crippen LogP contribution in [0.4, 0.5) is 10.5 Å². The van der Waals surface area contributed by atoms with Crippen LogP contribution in [0.1, 0.15) is 44.0 Å². The number of benzene rings is 1. The first kappa shape index (κ1) is 20.0. The number of likely N-dealkylation sites (tertiary alicyclic amines) is 1. The van der Waals surface area contributed by atoms with Crippen molar-refractivity contribution in [1.82, 2.24) is 10.2 Å². The number of amides is 3. The van der Waals surface area contributed by atoms with E-state index in [9.17, 15) is 19.5 Å². The third kappa shape index (κ3) is 5.36. The number of aliphatic carboxylic acids is 1. The van der Waals surface area contributed by atoms with Gasteiger partial charge in [0, 0.05) is 24.3 Å². The highest BCUT2D eigenvalue weighted by Gasteiger charge is 2.29. The molecule has 0 radical (unpaired) electrons. The lowest BCUT2D eigenvalue weighted by molar-refractivity contribution is -0.143. The van der Waals surface area contributed by atoms with Gasteiger partial charge in [-0.1, -0.05) is 11.6 Å². The number of urea groups is 1. The molecule has 3 N–H and O–H groups in total. The van der Waals surface area contributed by atoms with Gasteiger partial charge >= 0.3 is 12.0 Å². The second kappa shape index (κ2) is 7.95. The zero-order valence-electron chi connectivity index (χ0n) is 15.1. The van der Waals surface area contributed by atoms with Gasteiger partial charge in [-0.3, -0.25) is 9.59 Å². The molecule has 0 aromatic heterocycles. The molecule has 1 saturated heterocycles. The molecule has 1 aliphatic heterocycles. The van der Waals surface area contributed by atoms with Gasteiger partial charge < -0.3 is 20.6 Å². The largest absolute Gasteiger partial charge is 0.481 e. The molecule has 0 bridgehead atoms. The number of carbonyl (C=O) groups excluding carboxylic acids is 2. The van der Waals surface area contributed by atoms with Crippen molar-refractivity contribution in [2.24, 2.45) is 5.92 Å². The van der Waals surface area contributed by atoms with E-state index in [0.717, 1.165) is 0 Å². The number of nitrogens with zero attached hydrogens (tertiary/aromatic N) is 1. The Morgan fingerprint density at radius 3 is 2.58 bits per heavy atom. The first-order valence-corrected chi connectivity index (χ1v) is 8.85. The van der Waals surface area contributed by atoms with E-state index in [1.165, 1.54) is 11.0 Å². The summed E-state index contributed by atoms with van der Waals surface area (Å²) in [6, 6.07) is 4.27. The molecule has 8 heteroatoms. The molecular weight excluding hydrogens is 358 g/mol. The lowest BCUT2D eigenvalue weighted by Gasteiger charge is -2.31. The van der Waals surface area contributed by atoms with Crippen molar-refractivity contribution in [2.75, 3.05) is 18.4 Å². The fourth-order valence-corrected chi connectivity index (χ4v) is 3.00. The molecule has 0 spiro atoms. The van der Waals surface area contributed by atoms with E-state index < -0.39 is 17.4 Å². The predicted molar refractivity (Wildman–Crippen MR) is 99.6 cm³/mol. The minimum atomic E-state index is -0.900. The zero-order valence-corrected chi connectivity index (χ0v) is 15.9. The highest BCUT2D eigenvalue weighted by molar-refractivity contribution is 6.34. The molecule has 7 nitrogen and oxygen atoms in total. The number of rotatable bonds is 3. The van der Waals surface area contributed by atoms with Crippen molar-refractivity contribution < 1.29 is 19.5 Å². The molecule has 3 amide bonds. The zero-order chi connectivity index (χ0) is 19.5. The molecule has 1 atom stereocenters. The Morgan fingerprint density at radius 2 is 1.96 bits per heavy atom. The maximum Gasteiger partial charge on any atom is 0.319 e. The number of nitrogens with one attached hydrogen (secondary N) is 2. The highest BCUT2D eigenvalue weighted by atomic mass is 35.5. The first-order chi connectivity index (χ1) is 12.1. The standard InChI is InChI=1S/C18H24ClN3O4/c1-18(2,3)21-17(26)20-12-6-7-14(19)13(9-12)15(23)22-8-4-5-11(10-22)16(24)25/h6-7,9,11H,4-5,8,10H2,1-3H3,(H,24,25)(H2,20,21,26)/t11-/m0/s1. The SMILES string of the molecule is CC(C)(C)NC(=O)Nc1ccc(Cl)c(C(=O)N2CCC[C@H](C(=O)O)C2)c1. The van der Waals surface area contributed by atoms with Crippen LogP contribution < -0.4 is 10.6 Å². The molecule has 1 heterocycles. The third-order valence-electron chi connectivity index (χ3n) is 4.00. The molecule has 1 aromatic rings. The number of piperidine rings is 1. The van der Waals surface area contributed by atoms with E-state index in [4.69, 9.17) is 11.6 Å². The normalized spacial score (nSPS) is 17.5. The van der Waals surface area contributed by atoms with Gasteiger partial charge in [0.25, 0.3) is 5.91 Å². The number of hydrogen-bond acceptors (Lipinski definition) is 3. The quantitative estimate of drug-likeness (QED) is 0.748. The average Bonchev–Trinajstić information content (AvgIpc) is 2.54. The summed E-state index contributed by atoms with van der Waals surface area (Å²) in [4.78, 5) is 37.5. The van der Waals surface area contributed by atoms with Crippen LogP contribution in [-0.2, 0) is 4.79 Å². The third-order valence-corrected chi connectivity index (χ3v) is 4.33. The van der Waals surface area contributed by atoms with Crippen LogP contribution in [0.15, 0.2) is 18.2 Å². The Bertz CT molecular complexity index is 715. The van der Waals surface area contributed by atoms with Gasteiger partial charge in [0.05, 0.1) is 16.5 Å². The maximum absolute atomic E-state index is 12.8. The molecule has 0 unspecified atom stereocenters. The molecule has 1 fully saturated rings. The van der Waals surface area contributed by atoms with Crippen LogP contribution >= 0.6 is 11.6 Å². The van der Waals surface area contributed by atoms with Crippen molar-refractivity contribution in [1.29, 1.82) is 0 Å². The maximum atomic E-state index is 12.8.